The molecule has 1 atom stereocenters. The molecule has 3 nitrogen and oxygen atoms in total. The maximum absolute atomic E-state index is 12.9. The first-order valence-corrected chi connectivity index (χ1v) is 5.07. The van der Waals surface area contributed by atoms with E-state index in [1.54, 1.807) is 0 Å². The Balaban J connectivity index is 2.69. The standard InChI is InChI=1S/C11H17F2N3/c1-16(2)7-11(15-14)5-8-3-9(12)6-10(13)4-8/h3-4,6,11,15H,5,7,14H2,1-2H3. The second-order valence-electron chi connectivity index (χ2n) is 4.11. The second kappa shape index (κ2) is 5.89. The average molecular weight is 229 g/mol. The molecule has 0 aliphatic rings. The van der Waals surface area contributed by atoms with Crippen LogP contribution in [0, 0.1) is 11.6 Å². The van der Waals surface area contributed by atoms with Gasteiger partial charge in [0.25, 0.3) is 0 Å². The van der Waals surface area contributed by atoms with Crippen LogP contribution in [0.4, 0.5) is 8.78 Å². The monoisotopic (exact) mass is 229 g/mol. The molecule has 0 saturated carbocycles. The van der Waals surface area contributed by atoms with Crippen molar-refractivity contribution in [3.63, 3.8) is 0 Å². The number of hydrazine groups is 1. The van der Waals surface area contributed by atoms with E-state index in [-0.39, 0.29) is 6.04 Å². The maximum Gasteiger partial charge on any atom is 0.126 e. The first-order valence-electron chi connectivity index (χ1n) is 5.07. The highest BCUT2D eigenvalue weighted by molar-refractivity contribution is 5.19. The summed E-state index contributed by atoms with van der Waals surface area (Å²) in [6.07, 6.45) is 0.489. The van der Waals surface area contributed by atoms with E-state index < -0.39 is 11.6 Å². The van der Waals surface area contributed by atoms with Gasteiger partial charge in [-0.05, 0) is 38.2 Å². The molecule has 0 heterocycles. The molecule has 1 aromatic rings. The van der Waals surface area contributed by atoms with Gasteiger partial charge in [0.15, 0.2) is 0 Å². The molecular formula is C11H17F2N3. The third-order valence-corrected chi connectivity index (χ3v) is 2.23. The van der Waals surface area contributed by atoms with E-state index in [0.717, 1.165) is 6.07 Å². The predicted molar refractivity (Wildman–Crippen MR) is 59.7 cm³/mol. The third kappa shape index (κ3) is 4.22. The lowest BCUT2D eigenvalue weighted by Gasteiger charge is -2.20. The Bertz CT molecular complexity index is 322. The summed E-state index contributed by atoms with van der Waals surface area (Å²) in [5, 5.41) is 0. The summed E-state index contributed by atoms with van der Waals surface area (Å²) in [5.41, 5.74) is 3.23. The molecule has 1 rings (SSSR count). The largest absolute Gasteiger partial charge is 0.308 e. The molecule has 0 radical (unpaired) electrons. The zero-order chi connectivity index (χ0) is 12.1. The van der Waals surface area contributed by atoms with Gasteiger partial charge >= 0.3 is 0 Å². The number of nitrogens with two attached hydrogens (primary N) is 1. The van der Waals surface area contributed by atoms with Crippen molar-refractivity contribution in [2.24, 2.45) is 5.84 Å². The molecule has 0 amide bonds. The van der Waals surface area contributed by atoms with Crippen LogP contribution < -0.4 is 11.3 Å². The van der Waals surface area contributed by atoms with Gasteiger partial charge < -0.3 is 4.90 Å². The van der Waals surface area contributed by atoms with E-state index in [1.165, 1.54) is 12.1 Å². The highest BCUT2D eigenvalue weighted by Crippen LogP contribution is 2.10. The number of likely N-dealkylation sites (N-methyl/N-ethyl adjacent to an activating group) is 1. The Hall–Kier alpha value is -1.04. The minimum atomic E-state index is -0.560. The fraction of sp³-hybridized carbons (Fsp3) is 0.455. The number of hydrogen-bond acceptors (Lipinski definition) is 3. The quantitative estimate of drug-likeness (QED) is 0.582. The van der Waals surface area contributed by atoms with Crippen LogP contribution in [-0.4, -0.2) is 31.6 Å². The third-order valence-electron chi connectivity index (χ3n) is 2.23. The Kier molecular flexibility index (Phi) is 4.79. The van der Waals surface area contributed by atoms with Crippen LogP contribution in [0.2, 0.25) is 0 Å². The predicted octanol–water partition coefficient (Wildman–Crippen LogP) is 0.901. The van der Waals surface area contributed by atoms with Gasteiger partial charge in [-0.25, -0.2) is 8.78 Å². The van der Waals surface area contributed by atoms with Gasteiger partial charge in [0.2, 0.25) is 0 Å². The van der Waals surface area contributed by atoms with E-state index >= 15 is 0 Å². The van der Waals surface area contributed by atoms with Crippen LogP contribution in [0.5, 0.6) is 0 Å². The molecule has 16 heavy (non-hydrogen) atoms. The highest BCUT2D eigenvalue weighted by Gasteiger charge is 2.10. The van der Waals surface area contributed by atoms with Gasteiger partial charge in [0.1, 0.15) is 11.6 Å². The van der Waals surface area contributed by atoms with E-state index in [2.05, 4.69) is 5.43 Å². The molecule has 0 aromatic heterocycles. The van der Waals surface area contributed by atoms with Crippen LogP contribution in [0.15, 0.2) is 18.2 Å². The molecule has 0 aliphatic heterocycles. The zero-order valence-electron chi connectivity index (χ0n) is 9.50. The lowest BCUT2D eigenvalue weighted by molar-refractivity contribution is 0.338. The molecule has 1 unspecified atom stereocenters. The van der Waals surface area contributed by atoms with E-state index in [0.29, 0.717) is 18.5 Å². The second-order valence-corrected chi connectivity index (χ2v) is 4.11. The molecule has 90 valence electrons. The summed E-state index contributed by atoms with van der Waals surface area (Å²) in [4.78, 5) is 1.96. The van der Waals surface area contributed by atoms with Gasteiger partial charge in [-0.2, -0.15) is 0 Å². The van der Waals surface area contributed by atoms with Crippen LogP contribution in [0.1, 0.15) is 5.56 Å². The molecule has 0 aliphatic carbocycles. The Labute approximate surface area is 94.2 Å². The minimum absolute atomic E-state index is 0.0313. The number of hydrogen-bond donors (Lipinski definition) is 2. The first-order chi connectivity index (χ1) is 7.51. The van der Waals surface area contributed by atoms with Gasteiger partial charge in [0.05, 0.1) is 0 Å². The summed E-state index contributed by atoms with van der Waals surface area (Å²) in [7, 11) is 3.83. The highest BCUT2D eigenvalue weighted by atomic mass is 19.1. The molecule has 0 spiro atoms. The van der Waals surface area contributed by atoms with E-state index in [9.17, 15) is 8.78 Å². The minimum Gasteiger partial charge on any atom is -0.308 e. The zero-order valence-corrected chi connectivity index (χ0v) is 9.50. The Morgan fingerprint density at radius 1 is 1.25 bits per heavy atom. The van der Waals surface area contributed by atoms with Gasteiger partial charge in [-0.1, -0.05) is 0 Å². The first kappa shape index (κ1) is 13.0. The van der Waals surface area contributed by atoms with Crippen LogP contribution in [0.3, 0.4) is 0 Å². The lowest BCUT2D eigenvalue weighted by atomic mass is 10.1. The summed E-state index contributed by atoms with van der Waals surface area (Å²) in [5.74, 6) is 4.26. The van der Waals surface area contributed by atoms with Crippen molar-refractivity contribution in [3.8, 4) is 0 Å². The summed E-state index contributed by atoms with van der Waals surface area (Å²) in [6.45, 7) is 0.703. The Morgan fingerprint density at radius 3 is 2.25 bits per heavy atom. The van der Waals surface area contributed by atoms with Gasteiger partial charge in [-0.15, -0.1) is 0 Å². The molecule has 1 aromatic carbocycles. The van der Waals surface area contributed by atoms with Crippen molar-refractivity contribution < 1.29 is 8.78 Å². The SMILES string of the molecule is CN(C)CC(Cc1cc(F)cc(F)c1)NN. The maximum atomic E-state index is 12.9. The molecule has 0 saturated heterocycles. The topological polar surface area (TPSA) is 41.3 Å². The fourth-order valence-electron chi connectivity index (χ4n) is 1.63. The summed E-state index contributed by atoms with van der Waals surface area (Å²) < 4.78 is 25.9. The van der Waals surface area contributed by atoms with Gasteiger partial charge in [0, 0.05) is 18.7 Å². The van der Waals surface area contributed by atoms with E-state index in [4.69, 9.17) is 5.84 Å². The van der Waals surface area contributed by atoms with Crippen molar-refractivity contribution in [3.05, 3.63) is 35.4 Å². The molecule has 3 N–H and O–H groups in total. The number of nitrogens with one attached hydrogen (secondary N) is 1. The van der Waals surface area contributed by atoms with Crippen molar-refractivity contribution >= 4 is 0 Å². The van der Waals surface area contributed by atoms with Crippen LogP contribution >= 0.6 is 0 Å². The van der Waals surface area contributed by atoms with Crippen molar-refractivity contribution in [1.29, 1.82) is 0 Å². The van der Waals surface area contributed by atoms with Crippen LogP contribution in [-0.2, 0) is 6.42 Å². The van der Waals surface area contributed by atoms with Crippen LogP contribution in [0.25, 0.3) is 0 Å². The lowest BCUT2D eigenvalue weighted by Crippen LogP contribution is -2.43. The van der Waals surface area contributed by atoms with E-state index in [1.807, 2.05) is 19.0 Å². The normalized spacial score (nSPS) is 13.1. The van der Waals surface area contributed by atoms with Crippen molar-refractivity contribution in [2.45, 2.75) is 12.5 Å². The number of rotatable bonds is 5. The Morgan fingerprint density at radius 2 is 1.81 bits per heavy atom. The molecular weight excluding hydrogens is 212 g/mol. The molecule has 0 fully saturated rings. The molecule has 0 bridgehead atoms. The molecule has 5 heteroatoms. The fourth-order valence-corrected chi connectivity index (χ4v) is 1.63. The summed E-state index contributed by atoms with van der Waals surface area (Å²) >= 11 is 0. The number of nitrogens with zero attached hydrogens (tertiary/aromatic N) is 1. The number of halogens is 2. The van der Waals surface area contributed by atoms with Gasteiger partial charge in [-0.3, -0.25) is 11.3 Å². The van der Waals surface area contributed by atoms with Crippen molar-refractivity contribution in [1.82, 2.24) is 10.3 Å². The smallest absolute Gasteiger partial charge is 0.126 e. The number of benzene rings is 1. The summed E-state index contributed by atoms with van der Waals surface area (Å²) in [6, 6.07) is 3.48. The van der Waals surface area contributed by atoms with Crippen molar-refractivity contribution in [2.75, 3.05) is 20.6 Å². The average Bonchev–Trinajstić information content (AvgIpc) is 2.14.